The molecule has 1 saturated carbocycles. The van der Waals surface area contributed by atoms with Crippen LogP contribution in [0.5, 0.6) is 0 Å². The van der Waals surface area contributed by atoms with Gasteiger partial charge in [-0.1, -0.05) is 12.8 Å². The SMILES string of the molecule is O=C(C1CCCC1)N1CCN(I)CC1. The maximum Gasteiger partial charge on any atom is 0.225 e. The summed E-state index contributed by atoms with van der Waals surface area (Å²) in [5.74, 6) is 0.780. The van der Waals surface area contributed by atoms with Crippen LogP contribution in [0, 0.1) is 5.92 Å². The van der Waals surface area contributed by atoms with Gasteiger partial charge in [-0.3, -0.25) is 4.79 Å². The molecule has 3 nitrogen and oxygen atoms in total. The number of carbonyl (C=O) groups is 1. The Hall–Kier alpha value is 0.160. The second-order valence-corrected chi connectivity index (χ2v) is 5.58. The molecule has 1 aliphatic carbocycles. The van der Waals surface area contributed by atoms with Gasteiger partial charge in [0.05, 0.1) is 0 Å². The van der Waals surface area contributed by atoms with Crippen LogP contribution in [0.3, 0.4) is 0 Å². The van der Waals surface area contributed by atoms with E-state index in [4.69, 9.17) is 0 Å². The van der Waals surface area contributed by atoms with Crippen LogP contribution in [0.2, 0.25) is 0 Å². The van der Waals surface area contributed by atoms with Crippen LogP contribution >= 0.6 is 22.9 Å². The molecule has 0 aromatic rings. The third kappa shape index (κ3) is 2.39. The van der Waals surface area contributed by atoms with Crippen LogP contribution in [-0.2, 0) is 4.79 Å². The first-order valence-corrected chi connectivity index (χ1v) is 6.43. The fourth-order valence-electron chi connectivity index (χ4n) is 2.33. The molecule has 1 amide bonds. The summed E-state index contributed by atoms with van der Waals surface area (Å²) >= 11 is 2.33. The molecule has 0 atom stereocenters. The summed E-state index contributed by atoms with van der Waals surface area (Å²) in [6.07, 6.45) is 4.76. The molecular weight excluding hydrogens is 291 g/mol. The zero-order valence-electron chi connectivity index (χ0n) is 8.41. The van der Waals surface area contributed by atoms with Gasteiger partial charge in [0.2, 0.25) is 5.91 Å². The number of hydrogen-bond donors (Lipinski definition) is 0. The minimum atomic E-state index is 0.357. The monoisotopic (exact) mass is 308 g/mol. The molecule has 80 valence electrons. The molecular formula is C10H17IN2O. The van der Waals surface area contributed by atoms with Crippen molar-refractivity contribution < 1.29 is 4.79 Å². The number of amides is 1. The Morgan fingerprint density at radius 2 is 1.64 bits per heavy atom. The molecule has 2 fully saturated rings. The lowest BCUT2D eigenvalue weighted by Crippen LogP contribution is -2.47. The molecule has 0 N–H and O–H groups in total. The van der Waals surface area contributed by atoms with Crippen LogP contribution in [0.25, 0.3) is 0 Å². The molecule has 0 aromatic heterocycles. The Balaban J connectivity index is 1.85. The minimum Gasteiger partial charge on any atom is -0.340 e. The van der Waals surface area contributed by atoms with Crippen molar-refractivity contribution in [2.45, 2.75) is 25.7 Å². The van der Waals surface area contributed by atoms with E-state index in [-0.39, 0.29) is 0 Å². The van der Waals surface area contributed by atoms with Crippen LogP contribution in [-0.4, -0.2) is 40.1 Å². The molecule has 4 heteroatoms. The second-order valence-electron chi connectivity index (χ2n) is 4.22. The average molecular weight is 308 g/mol. The van der Waals surface area contributed by atoms with Crippen LogP contribution in [0.4, 0.5) is 0 Å². The van der Waals surface area contributed by atoms with E-state index >= 15 is 0 Å². The van der Waals surface area contributed by atoms with Gasteiger partial charge in [-0.2, -0.15) is 0 Å². The van der Waals surface area contributed by atoms with E-state index in [2.05, 4.69) is 30.9 Å². The summed E-state index contributed by atoms with van der Waals surface area (Å²) in [6.45, 7) is 3.91. The molecule has 1 aliphatic heterocycles. The number of carbonyl (C=O) groups excluding carboxylic acids is 1. The summed E-state index contributed by atoms with van der Waals surface area (Å²) < 4.78 is 2.26. The highest BCUT2D eigenvalue weighted by molar-refractivity contribution is 14.1. The van der Waals surface area contributed by atoms with Crippen molar-refractivity contribution in [3.63, 3.8) is 0 Å². The molecule has 1 saturated heterocycles. The summed E-state index contributed by atoms with van der Waals surface area (Å²) in [7, 11) is 0. The molecule has 1 heterocycles. The normalized spacial score (nSPS) is 25.6. The van der Waals surface area contributed by atoms with Crippen molar-refractivity contribution in [3.05, 3.63) is 0 Å². The second kappa shape index (κ2) is 4.79. The first kappa shape index (κ1) is 10.7. The van der Waals surface area contributed by atoms with Crippen molar-refractivity contribution in [1.29, 1.82) is 0 Å². The quantitative estimate of drug-likeness (QED) is 0.543. The topological polar surface area (TPSA) is 23.6 Å². The summed E-state index contributed by atoms with van der Waals surface area (Å²) in [5, 5.41) is 0. The van der Waals surface area contributed by atoms with Crippen molar-refractivity contribution >= 4 is 28.8 Å². The van der Waals surface area contributed by atoms with Crippen molar-refractivity contribution in [2.24, 2.45) is 5.92 Å². The first-order valence-electron chi connectivity index (χ1n) is 5.47. The standard InChI is InChI=1S/C10H17IN2O/c11-13-7-5-12(6-8-13)10(14)9-3-1-2-4-9/h9H,1-8H2. The predicted octanol–water partition coefficient (Wildman–Crippen LogP) is 1.67. The maximum atomic E-state index is 12.0. The Morgan fingerprint density at radius 1 is 1.07 bits per heavy atom. The van der Waals surface area contributed by atoms with Crippen molar-refractivity contribution in [1.82, 2.24) is 8.01 Å². The van der Waals surface area contributed by atoms with E-state index in [0.29, 0.717) is 11.8 Å². The molecule has 0 aromatic carbocycles. The number of rotatable bonds is 1. The van der Waals surface area contributed by atoms with Crippen LogP contribution in [0.1, 0.15) is 25.7 Å². The molecule has 0 spiro atoms. The largest absolute Gasteiger partial charge is 0.340 e. The Kier molecular flexibility index (Phi) is 3.65. The van der Waals surface area contributed by atoms with E-state index in [1.165, 1.54) is 12.8 Å². The fourth-order valence-corrected chi connectivity index (χ4v) is 2.76. The summed E-state index contributed by atoms with van der Waals surface area (Å²) in [5.41, 5.74) is 0. The third-order valence-corrected chi connectivity index (χ3v) is 4.21. The van der Waals surface area contributed by atoms with Gasteiger partial charge in [-0.15, -0.1) is 0 Å². The van der Waals surface area contributed by atoms with E-state index in [0.717, 1.165) is 39.0 Å². The van der Waals surface area contributed by atoms with E-state index < -0.39 is 0 Å². The summed E-state index contributed by atoms with van der Waals surface area (Å²) in [4.78, 5) is 14.1. The molecule has 0 bridgehead atoms. The fraction of sp³-hybridized carbons (Fsp3) is 0.900. The van der Waals surface area contributed by atoms with Gasteiger partial charge in [0.25, 0.3) is 0 Å². The van der Waals surface area contributed by atoms with E-state index in [1.807, 2.05) is 0 Å². The van der Waals surface area contributed by atoms with Gasteiger partial charge < -0.3 is 4.90 Å². The highest BCUT2D eigenvalue weighted by atomic mass is 127. The number of nitrogens with zero attached hydrogens (tertiary/aromatic N) is 2. The maximum absolute atomic E-state index is 12.0. The lowest BCUT2D eigenvalue weighted by molar-refractivity contribution is -0.136. The summed E-state index contributed by atoms with van der Waals surface area (Å²) in [6, 6.07) is 0. The number of hydrogen-bond acceptors (Lipinski definition) is 2. The minimum absolute atomic E-state index is 0.357. The van der Waals surface area contributed by atoms with E-state index in [1.54, 1.807) is 0 Å². The van der Waals surface area contributed by atoms with Crippen LogP contribution < -0.4 is 0 Å². The van der Waals surface area contributed by atoms with E-state index in [9.17, 15) is 4.79 Å². The zero-order valence-corrected chi connectivity index (χ0v) is 10.6. The van der Waals surface area contributed by atoms with Gasteiger partial charge in [-0.05, 0) is 12.8 Å². The van der Waals surface area contributed by atoms with Gasteiger partial charge in [0, 0.05) is 55.0 Å². The highest BCUT2D eigenvalue weighted by Gasteiger charge is 2.28. The Bertz CT molecular complexity index is 208. The molecule has 2 rings (SSSR count). The van der Waals surface area contributed by atoms with Gasteiger partial charge in [0.1, 0.15) is 0 Å². The molecule has 14 heavy (non-hydrogen) atoms. The highest BCUT2D eigenvalue weighted by Crippen LogP contribution is 2.27. The van der Waals surface area contributed by atoms with Gasteiger partial charge in [0.15, 0.2) is 0 Å². The lowest BCUT2D eigenvalue weighted by atomic mass is 10.1. The predicted molar refractivity (Wildman–Crippen MR) is 64.1 cm³/mol. The Labute approximate surface area is 99.3 Å². The van der Waals surface area contributed by atoms with Gasteiger partial charge in [-0.25, -0.2) is 3.11 Å². The Morgan fingerprint density at radius 3 is 2.21 bits per heavy atom. The van der Waals surface area contributed by atoms with Gasteiger partial charge >= 0.3 is 0 Å². The zero-order chi connectivity index (χ0) is 9.97. The molecule has 2 aliphatic rings. The van der Waals surface area contributed by atoms with Crippen LogP contribution in [0.15, 0.2) is 0 Å². The first-order chi connectivity index (χ1) is 6.77. The lowest BCUT2D eigenvalue weighted by Gasteiger charge is -2.32. The molecule has 0 radical (unpaired) electrons. The van der Waals surface area contributed by atoms with Crippen molar-refractivity contribution in [3.8, 4) is 0 Å². The number of piperazine rings is 1. The third-order valence-electron chi connectivity index (χ3n) is 3.24. The number of halogens is 1. The van der Waals surface area contributed by atoms with Crippen molar-refractivity contribution in [2.75, 3.05) is 26.2 Å². The molecule has 0 unspecified atom stereocenters. The smallest absolute Gasteiger partial charge is 0.225 e. The average Bonchev–Trinajstić information content (AvgIpc) is 2.71.